The van der Waals surface area contributed by atoms with Gasteiger partial charge in [-0.05, 0) is 27.5 Å². The van der Waals surface area contributed by atoms with Gasteiger partial charge in [0.2, 0.25) is 0 Å². The van der Waals surface area contributed by atoms with Gasteiger partial charge in [-0.3, -0.25) is 0 Å². The van der Waals surface area contributed by atoms with Crippen molar-refractivity contribution in [3.8, 4) is 0 Å². The summed E-state index contributed by atoms with van der Waals surface area (Å²) in [5.41, 5.74) is 4.61. The Morgan fingerprint density at radius 2 is 0.742 bits per heavy atom. The summed E-state index contributed by atoms with van der Waals surface area (Å²) in [5, 5.41) is 0.881. The smallest absolute Gasteiger partial charge is 0.469 e. The number of rotatable bonds is 9. The highest BCUT2D eigenvalue weighted by atomic mass is 27.2. The first kappa shape index (κ1) is 21.6. The molecule has 0 radical (unpaired) electrons. The Labute approximate surface area is 190 Å². The molecule has 0 saturated heterocycles. The van der Waals surface area contributed by atoms with Crippen LogP contribution in [0.5, 0.6) is 0 Å². The molecule has 4 aromatic carbocycles. The highest BCUT2D eigenvalue weighted by Crippen LogP contribution is 2.31. The zero-order valence-corrected chi connectivity index (χ0v) is 19.0. The summed E-state index contributed by atoms with van der Waals surface area (Å²) in [6.07, 6.45) is -0.266. The van der Waals surface area contributed by atoms with Crippen molar-refractivity contribution in [1.29, 1.82) is 0 Å². The Morgan fingerprint density at radius 1 is 0.484 bits per heavy atom. The summed E-state index contributed by atoms with van der Waals surface area (Å²) in [7, 11) is 0. The second kappa shape index (κ2) is 11.1. The number of hydrogen-bond donors (Lipinski definition) is 0. The van der Waals surface area contributed by atoms with Crippen LogP contribution in [-0.2, 0) is 7.58 Å². The van der Waals surface area contributed by atoms with Gasteiger partial charge in [0.15, 0.2) is 0 Å². The molecule has 0 amide bonds. The summed E-state index contributed by atoms with van der Waals surface area (Å²) in [6.45, 7) is 2.16. The summed E-state index contributed by atoms with van der Waals surface area (Å²) < 4.78 is 13.5. The molecule has 0 spiro atoms. The molecule has 4 aromatic rings. The largest absolute Gasteiger partial charge is 0.675 e. The quantitative estimate of drug-likeness (QED) is 0.268. The minimum Gasteiger partial charge on any atom is -0.469 e. The maximum atomic E-state index is 6.76. The van der Waals surface area contributed by atoms with Crippen LogP contribution in [0.1, 0.15) is 41.4 Å². The van der Waals surface area contributed by atoms with Gasteiger partial charge in [-0.1, -0.05) is 128 Å². The van der Waals surface area contributed by atoms with Crippen LogP contribution in [0, 0.1) is 0 Å². The molecule has 0 heterocycles. The maximum absolute atomic E-state index is 6.76. The topological polar surface area (TPSA) is 18.5 Å². The van der Waals surface area contributed by atoms with Gasteiger partial charge in [0.1, 0.15) is 0 Å². The Balaban J connectivity index is 1.63. The fourth-order valence-electron chi connectivity index (χ4n) is 3.74. The van der Waals surface area contributed by atoms with Gasteiger partial charge < -0.3 is 7.58 Å². The molecule has 0 fully saturated rings. The number of hydrogen-bond acceptors (Lipinski definition) is 2. The summed E-state index contributed by atoms with van der Waals surface area (Å²) >= 11 is -2.01. The fraction of sp³-hybridized carbons (Fsp3) is 0.143. The molecule has 0 bridgehead atoms. The van der Waals surface area contributed by atoms with Crippen LogP contribution in [0.4, 0.5) is 0 Å². The van der Waals surface area contributed by atoms with Gasteiger partial charge in [-0.25, -0.2) is 0 Å². The van der Waals surface area contributed by atoms with E-state index >= 15 is 0 Å². The zero-order chi connectivity index (χ0) is 21.3. The summed E-state index contributed by atoms with van der Waals surface area (Å²) in [6, 6.07) is 41.7. The van der Waals surface area contributed by atoms with Crippen LogP contribution in [-0.4, -0.2) is 14.8 Å². The first-order valence-corrected chi connectivity index (χ1v) is 12.6. The average Bonchev–Trinajstić information content (AvgIpc) is 2.86. The lowest BCUT2D eigenvalue weighted by Crippen LogP contribution is -2.27. The Hall–Kier alpha value is -2.67. The third-order valence-corrected chi connectivity index (χ3v) is 7.14. The Bertz CT molecular complexity index is 860. The van der Waals surface area contributed by atoms with Gasteiger partial charge in [-0.2, -0.15) is 0 Å². The van der Waals surface area contributed by atoms with E-state index in [1.165, 1.54) is 0 Å². The third-order valence-electron chi connectivity index (χ3n) is 5.32. The highest BCUT2D eigenvalue weighted by Gasteiger charge is 2.32. The van der Waals surface area contributed by atoms with E-state index in [1.807, 2.05) is 24.3 Å². The summed E-state index contributed by atoms with van der Waals surface area (Å²) in [5.74, 6) is 0. The van der Waals surface area contributed by atoms with Crippen LogP contribution in [0.3, 0.4) is 0 Å². The minimum absolute atomic E-state index is 0.133. The molecule has 0 aromatic heterocycles. The Kier molecular flexibility index (Phi) is 7.72. The molecule has 0 aliphatic carbocycles. The molecule has 0 N–H and O–H groups in total. The van der Waals surface area contributed by atoms with E-state index in [0.29, 0.717) is 0 Å². The monoisotopic (exact) mass is 422 g/mol. The van der Waals surface area contributed by atoms with Crippen molar-refractivity contribution in [2.24, 2.45) is 0 Å². The van der Waals surface area contributed by atoms with Gasteiger partial charge in [0.05, 0.1) is 12.2 Å². The zero-order valence-electron chi connectivity index (χ0n) is 17.8. The van der Waals surface area contributed by atoms with E-state index in [1.54, 1.807) is 0 Å². The van der Waals surface area contributed by atoms with Crippen molar-refractivity contribution >= 4 is 14.8 Å². The predicted octanol–water partition coefficient (Wildman–Crippen LogP) is 7.11. The molecule has 154 valence electrons. The van der Waals surface area contributed by atoms with Crippen molar-refractivity contribution in [3.05, 3.63) is 144 Å². The minimum atomic E-state index is -2.01. The van der Waals surface area contributed by atoms with Gasteiger partial charge >= 0.3 is 14.8 Å². The SMILES string of the molecule is C[CH2][Al]([O]C(c1ccccc1)c1ccccc1)[O]C(c1ccccc1)c1ccccc1. The van der Waals surface area contributed by atoms with Crippen LogP contribution in [0.15, 0.2) is 121 Å². The molecule has 0 aliphatic rings. The van der Waals surface area contributed by atoms with Crippen molar-refractivity contribution in [2.75, 3.05) is 0 Å². The van der Waals surface area contributed by atoms with Gasteiger partial charge in [-0.15, -0.1) is 0 Å². The molecule has 4 rings (SSSR count). The Morgan fingerprint density at radius 3 is 0.968 bits per heavy atom. The van der Waals surface area contributed by atoms with E-state index in [9.17, 15) is 0 Å². The molecular formula is C28H27AlO2. The van der Waals surface area contributed by atoms with Crippen LogP contribution >= 0.6 is 0 Å². The lowest BCUT2D eigenvalue weighted by atomic mass is 10.0. The molecular weight excluding hydrogens is 395 g/mol. The fourth-order valence-corrected chi connectivity index (χ4v) is 5.42. The maximum Gasteiger partial charge on any atom is 0.675 e. The van der Waals surface area contributed by atoms with E-state index in [4.69, 9.17) is 7.58 Å². The molecule has 31 heavy (non-hydrogen) atoms. The molecule has 3 heteroatoms. The normalized spacial score (nSPS) is 11.1. The van der Waals surface area contributed by atoms with Crippen LogP contribution in [0.2, 0.25) is 5.28 Å². The first-order chi connectivity index (χ1) is 15.3. The van der Waals surface area contributed by atoms with Gasteiger partial charge in [0, 0.05) is 0 Å². The predicted molar refractivity (Wildman–Crippen MR) is 128 cm³/mol. The molecule has 0 saturated carbocycles. The average molecular weight is 423 g/mol. The standard InChI is InChI=1S/2C13H11O.C2H5.Al/c2*14-13(11-7-3-1-4-8-11)12-9-5-2-6-10-12;1-2;/h2*1-10,13H;1H2,2H3;/q2*-1;;+2. The van der Waals surface area contributed by atoms with E-state index < -0.39 is 14.8 Å². The van der Waals surface area contributed by atoms with Crippen LogP contribution < -0.4 is 0 Å². The van der Waals surface area contributed by atoms with Crippen molar-refractivity contribution < 1.29 is 7.58 Å². The van der Waals surface area contributed by atoms with E-state index in [2.05, 4.69) is 104 Å². The lowest BCUT2D eigenvalue weighted by Gasteiger charge is -2.27. The highest BCUT2D eigenvalue weighted by molar-refractivity contribution is 6.44. The van der Waals surface area contributed by atoms with Crippen molar-refractivity contribution in [2.45, 2.75) is 24.4 Å². The first-order valence-electron chi connectivity index (χ1n) is 10.9. The molecule has 0 aliphatic heterocycles. The van der Waals surface area contributed by atoms with E-state index in [-0.39, 0.29) is 12.2 Å². The lowest BCUT2D eigenvalue weighted by molar-refractivity contribution is 0.132. The van der Waals surface area contributed by atoms with Crippen LogP contribution in [0.25, 0.3) is 0 Å². The molecule has 2 nitrogen and oxygen atoms in total. The van der Waals surface area contributed by atoms with E-state index in [0.717, 1.165) is 27.5 Å². The molecule has 0 unspecified atom stereocenters. The van der Waals surface area contributed by atoms with Gasteiger partial charge in [0.25, 0.3) is 0 Å². The molecule has 0 atom stereocenters. The second-order valence-electron chi connectivity index (χ2n) is 7.51. The third kappa shape index (κ3) is 5.73. The van der Waals surface area contributed by atoms with Crippen molar-refractivity contribution in [1.82, 2.24) is 0 Å². The second-order valence-corrected chi connectivity index (χ2v) is 9.73. The number of benzene rings is 4. The summed E-state index contributed by atoms with van der Waals surface area (Å²) in [4.78, 5) is 0. The van der Waals surface area contributed by atoms with Crippen molar-refractivity contribution in [3.63, 3.8) is 0 Å².